The minimum Gasteiger partial charge on any atom is -0.458 e. The number of esters is 1. The Kier molecular flexibility index (Phi) is 41.4. The van der Waals surface area contributed by atoms with Crippen LogP contribution in [0.2, 0.25) is 0 Å². The summed E-state index contributed by atoms with van der Waals surface area (Å²) in [5, 5.41) is 90.5. The van der Waals surface area contributed by atoms with Crippen molar-refractivity contribution in [1.29, 1.82) is 0 Å². The zero-order chi connectivity index (χ0) is 84.3. The predicted molar refractivity (Wildman–Crippen MR) is 391 cm³/mol. The van der Waals surface area contributed by atoms with Gasteiger partial charge in [0.25, 0.3) is 5.91 Å². The van der Waals surface area contributed by atoms with Crippen molar-refractivity contribution in [2.45, 2.75) is 270 Å². The first-order chi connectivity index (χ1) is 50.4. The summed E-state index contributed by atoms with van der Waals surface area (Å²) < 4.78 is 11.1. The van der Waals surface area contributed by atoms with Gasteiger partial charge in [-0.25, -0.2) is 4.79 Å². The van der Waals surface area contributed by atoms with Crippen LogP contribution < -0.4 is 82.3 Å². The number of carbonyl (C=O) groups excluding carboxylic acids is 15. The Morgan fingerprint density at radius 2 is 1.19 bits per heavy atom. The first kappa shape index (κ1) is 98.7. The average molecular weight is 1560 g/mol. The molecule has 1 heterocycles. The van der Waals surface area contributed by atoms with E-state index in [0.717, 1.165) is 60.2 Å². The monoisotopic (exact) mass is 1560 g/mol. The first-order valence-corrected chi connectivity index (χ1v) is 36.5. The number of hydrogen-bond donors (Lipinski definition) is 21. The zero-order valence-corrected chi connectivity index (χ0v) is 65.7. The Hall–Kier alpha value is -8.35. The summed E-state index contributed by atoms with van der Waals surface area (Å²) in [4.78, 5) is 213. The fourth-order valence-corrected chi connectivity index (χ4v) is 12.2. The highest BCUT2D eigenvalue weighted by molar-refractivity contribution is 6.01. The molecule has 14 amide bonds. The maximum Gasteiger partial charge on any atom is 0.329 e. The molecule has 23 atom stereocenters. The maximum atomic E-state index is 15.2. The minimum absolute atomic E-state index is 0.0486. The van der Waals surface area contributed by atoms with Crippen LogP contribution in [0.25, 0.3) is 0 Å². The molecule has 624 valence electrons. The van der Waals surface area contributed by atoms with Crippen LogP contribution in [0.3, 0.4) is 0 Å². The number of likely N-dealkylation sites (N-methyl/N-ethyl adjacent to an activating group) is 2. The Morgan fingerprint density at radius 1 is 0.642 bits per heavy atom. The summed E-state index contributed by atoms with van der Waals surface area (Å²) in [6, 6.07) is -21.2. The van der Waals surface area contributed by atoms with E-state index in [4.69, 9.17) is 43.9 Å². The molecule has 0 aromatic carbocycles. The van der Waals surface area contributed by atoms with Crippen LogP contribution in [-0.2, 0) is 81.4 Å². The van der Waals surface area contributed by atoms with Crippen LogP contribution in [0.15, 0.2) is 0 Å². The molecule has 0 spiro atoms. The van der Waals surface area contributed by atoms with Crippen LogP contribution in [-0.4, -0.2) is 278 Å². The smallest absolute Gasteiger partial charge is 0.329 e. The van der Waals surface area contributed by atoms with Crippen LogP contribution in [0.5, 0.6) is 0 Å². The predicted octanol–water partition coefficient (Wildman–Crippen LogP) is -8.13. The van der Waals surface area contributed by atoms with Crippen molar-refractivity contribution in [3.63, 3.8) is 0 Å². The Bertz CT molecular complexity index is 3110. The van der Waals surface area contributed by atoms with Crippen molar-refractivity contribution < 1.29 is 112 Å². The highest BCUT2D eigenvalue weighted by atomic mass is 16.5. The summed E-state index contributed by atoms with van der Waals surface area (Å²) in [7, 11) is 3.04. The van der Waals surface area contributed by atoms with Crippen molar-refractivity contribution in [1.82, 2.24) is 57.7 Å². The molecule has 40 heteroatoms. The number of aliphatic hydroxyl groups is 6. The van der Waals surface area contributed by atoms with E-state index in [2.05, 4.69) is 47.9 Å². The van der Waals surface area contributed by atoms with Gasteiger partial charge < -0.3 is 127 Å². The molecule has 1 fully saturated rings. The number of rotatable bonds is 36. The second-order valence-electron chi connectivity index (χ2n) is 30.0. The topological polar surface area (TPSA) is 667 Å². The fraction of sp³-hybridized carbons (Fsp3) is 0.783. The van der Waals surface area contributed by atoms with E-state index in [1.165, 1.54) is 20.8 Å². The number of nitrogens with two attached hydrogens (primary N) is 6. The number of ether oxygens (including phenoxy) is 2. The number of nitrogens with one attached hydrogen (secondary N) is 9. The third kappa shape index (κ3) is 30.5. The van der Waals surface area contributed by atoms with Gasteiger partial charge in [0.15, 0.2) is 12.2 Å². The Labute approximate surface area is 635 Å². The molecular weight excluding hydrogens is 1430 g/mol. The van der Waals surface area contributed by atoms with Crippen LogP contribution >= 0.6 is 0 Å². The lowest BCUT2D eigenvalue weighted by molar-refractivity contribution is -0.162. The summed E-state index contributed by atoms with van der Waals surface area (Å²) in [5.41, 5.74) is 32.0. The molecule has 27 N–H and O–H groups in total. The third-order valence-electron chi connectivity index (χ3n) is 19.4. The van der Waals surface area contributed by atoms with E-state index in [1.54, 1.807) is 34.6 Å². The second-order valence-corrected chi connectivity index (χ2v) is 30.0. The first-order valence-electron chi connectivity index (χ1n) is 36.5. The number of carbonyl (C=O) groups is 15. The van der Waals surface area contributed by atoms with Crippen molar-refractivity contribution >= 4 is 88.7 Å². The lowest BCUT2D eigenvalue weighted by Gasteiger charge is -2.37. The number of amides is 14. The maximum absolute atomic E-state index is 15.2. The molecule has 0 bridgehead atoms. The van der Waals surface area contributed by atoms with Gasteiger partial charge in [-0.05, 0) is 102 Å². The van der Waals surface area contributed by atoms with Crippen molar-refractivity contribution in [2.75, 3.05) is 34.3 Å². The lowest BCUT2D eigenvalue weighted by atomic mass is 9.85. The molecule has 1 aliphatic heterocycles. The van der Waals surface area contributed by atoms with E-state index in [9.17, 15) is 93.0 Å². The average Bonchev–Trinajstić information content (AvgIpc) is 1.04. The molecule has 1 rings (SSSR count). The number of nitrogens with zero attached hydrogens (tertiary/aromatic N) is 2. The van der Waals surface area contributed by atoms with E-state index in [-0.39, 0.29) is 44.1 Å². The van der Waals surface area contributed by atoms with Gasteiger partial charge in [-0.1, -0.05) is 75.7 Å². The standard InChI is InChI=1S/C69H125N17O23/c1-18-31(6)26-32(7)50(90)35(10)57(95)79-41(28-71)59(97)84-54(69(13,14)107)51(91)52(92)65(103)80-46(33(8)34(9)55(74)93)61(99)82-48-37(12)109-68(106)43(25-30(4)5)86(16)67(105)40(27-45(73)89)78-64(102)49(53(108-17)56(75)94)83-60(98)42(21-22-44(72)88)85(15)66(104)39(24-29(2)3)77-58(96)38(20-19-23-70)76-62(100)47(36(11)87)81-63(48)101/h29-43,46-54,58,77,87,90-92,96,107H,18-28,70-71H2,1-17H3,(H2,72,88)(H2,73,89)(H2,74,93)(H2,75,94)(H,76,100)(H,78,102)(H,79,95)(H,80,103)(H,81,101)(H,82,99)(H,83,98)(H,84,97). The van der Waals surface area contributed by atoms with Crippen LogP contribution in [0.1, 0.15) is 155 Å². The fourth-order valence-electron chi connectivity index (χ4n) is 12.2. The van der Waals surface area contributed by atoms with E-state index < -0.39 is 259 Å². The van der Waals surface area contributed by atoms with E-state index in [0.29, 0.717) is 11.3 Å². The van der Waals surface area contributed by atoms with E-state index in [1.807, 2.05) is 13.8 Å². The van der Waals surface area contributed by atoms with Gasteiger partial charge in [0, 0.05) is 40.1 Å². The van der Waals surface area contributed by atoms with Gasteiger partial charge >= 0.3 is 5.97 Å². The third-order valence-corrected chi connectivity index (χ3v) is 19.4. The molecule has 0 aromatic heterocycles. The number of methoxy groups -OCH3 is 1. The van der Waals surface area contributed by atoms with Gasteiger partial charge in [-0.15, -0.1) is 0 Å². The molecule has 1 aliphatic rings. The lowest BCUT2D eigenvalue weighted by Crippen LogP contribution is -2.66. The number of aliphatic hydroxyl groups excluding tert-OH is 5. The second kappa shape index (κ2) is 45.7. The number of cyclic esters (lactones) is 1. The van der Waals surface area contributed by atoms with Crippen LogP contribution in [0.4, 0.5) is 0 Å². The minimum atomic E-state index is -2.74. The van der Waals surface area contributed by atoms with Crippen molar-refractivity contribution in [2.24, 2.45) is 75.8 Å². The molecule has 0 aromatic rings. The summed E-state index contributed by atoms with van der Waals surface area (Å²) in [5.74, 6) is -24.0. The van der Waals surface area contributed by atoms with Crippen molar-refractivity contribution in [3.05, 3.63) is 0 Å². The zero-order valence-electron chi connectivity index (χ0n) is 65.7. The largest absolute Gasteiger partial charge is 0.458 e. The molecule has 1 saturated heterocycles. The Balaban J connectivity index is 4.50. The summed E-state index contributed by atoms with van der Waals surface area (Å²) >= 11 is 0. The van der Waals surface area contributed by atoms with E-state index >= 15 is 9.59 Å². The molecule has 0 radical (unpaired) electrons. The molecule has 0 saturated carbocycles. The highest BCUT2D eigenvalue weighted by Gasteiger charge is 2.47. The molecular formula is C69H125N17O23. The molecule has 0 aliphatic carbocycles. The van der Waals surface area contributed by atoms with Gasteiger partial charge in [-0.2, -0.15) is 0 Å². The molecule has 23 unspecified atom stereocenters. The highest BCUT2D eigenvalue weighted by Crippen LogP contribution is 2.25. The van der Waals surface area contributed by atoms with Gasteiger partial charge in [0.05, 0.1) is 48.3 Å². The molecule has 40 nitrogen and oxygen atoms in total. The van der Waals surface area contributed by atoms with Gasteiger partial charge in [-0.3, -0.25) is 72.4 Å². The molecule has 109 heavy (non-hydrogen) atoms. The quantitative estimate of drug-likeness (QED) is 0.0259. The SMILES string of the molecule is CCC(C)CC(C)C(O)C(C)C(=O)NC(CN)C(=O)NC(C(O)C(O)C(=O)NC(C(=O)NC1C(=O)NC(C(C)O)C(=O)NC(CCCN)C(O)NC(CC(C)C)C(=O)N(C)C(CCC(N)=O)C(=O)NC(C(OC)C(N)=O)C(=O)NC(CC(N)=O)C(=O)N(C)C(CC(C)C)C(=O)OC1C)C(C)C(C)C(N)=O)C(C)(C)O. The number of hydrogen-bond acceptors (Lipinski definition) is 26. The summed E-state index contributed by atoms with van der Waals surface area (Å²) in [6.07, 6.45) is -15.9. The number of primary amides is 4. The Morgan fingerprint density at radius 3 is 1.68 bits per heavy atom. The van der Waals surface area contributed by atoms with Crippen LogP contribution in [0, 0.1) is 41.4 Å². The van der Waals surface area contributed by atoms with Crippen molar-refractivity contribution in [3.8, 4) is 0 Å². The normalized spacial score (nSPS) is 25.2. The van der Waals surface area contributed by atoms with Gasteiger partial charge in [0.1, 0.15) is 66.8 Å². The van der Waals surface area contributed by atoms with Gasteiger partial charge in [0.2, 0.25) is 76.8 Å². The summed E-state index contributed by atoms with van der Waals surface area (Å²) in [6.45, 7) is 19.6.